The van der Waals surface area contributed by atoms with E-state index in [4.69, 9.17) is 5.26 Å². The maximum Gasteiger partial charge on any atom is 0.231 e. The molecule has 1 fully saturated rings. The van der Waals surface area contributed by atoms with Gasteiger partial charge in [-0.25, -0.2) is 4.39 Å². The van der Waals surface area contributed by atoms with Gasteiger partial charge in [0.15, 0.2) is 0 Å². The van der Waals surface area contributed by atoms with Crippen LogP contribution >= 0.6 is 11.8 Å². The number of carbonyl (C=O) groups is 1. The second-order valence-corrected chi connectivity index (χ2v) is 5.69. The van der Waals surface area contributed by atoms with Crippen LogP contribution in [0.2, 0.25) is 0 Å². The van der Waals surface area contributed by atoms with Gasteiger partial charge >= 0.3 is 0 Å². The maximum atomic E-state index is 13.4. The lowest BCUT2D eigenvalue weighted by Crippen LogP contribution is -2.45. The molecule has 1 N–H and O–H groups in total. The van der Waals surface area contributed by atoms with Crippen molar-refractivity contribution in [2.24, 2.45) is 0 Å². The summed E-state index contributed by atoms with van der Waals surface area (Å²) in [5.74, 6) is -0.405. The van der Waals surface area contributed by atoms with Gasteiger partial charge in [0.25, 0.3) is 0 Å². The molecule has 0 bridgehead atoms. The Hall–Kier alpha value is -1.54. The summed E-state index contributed by atoms with van der Waals surface area (Å²) in [5, 5.41) is 12.0. The number of nitrogens with one attached hydrogen (secondary N) is 1. The number of nitrogens with zero attached hydrogens (tertiary/aromatic N) is 1. The zero-order valence-electron chi connectivity index (χ0n) is 10.5. The van der Waals surface area contributed by atoms with E-state index in [-0.39, 0.29) is 17.5 Å². The molecule has 1 saturated carbocycles. The van der Waals surface area contributed by atoms with Gasteiger partial charge < -0.3 is 5.32 Å². The van der Waals surface area contributed by atoms with Crippen molar-refractivity contribution in [3.05, 3.63) is 30.1 Å². The summed E-state index contributed by atoms with van der Waals surface area (Å²) in [6.07, 6.45) is 3.35. The second-order valence-electron chi connectivity index (χ2n) is 4.67. The molecule has 5 heteroatoms. The van der Waals surface area contributed by atoms with Crippen LogP contribution in [0.3, 0.4) is 0 Å². The summed E-state index contributed by atoms with van der Waals surface area (Å²) in [7, 11) is 0. The van der Waals surface area contributed by atoms with Crippen LogP contribution < -0.4 is 5.32 Å². The quantitative estimate of drug-likeness (QED) is 0.862. The Morgan fingerprint density at radius 3 is 2.74 bits per heavy atom. The lowest BCUT2D eigenvalue weighted by Gasteiger charge is -2.21. The molecule has 1 aliphatic carbocycles. The largest absolute Gasteiger partial charge is 0.337 e. The van der Waals surface area contributed by atoms with Crippen molar-refractivity contribution in [1.82, 2.24) is 5.32 Å². The van der Waals surface area contributed by atoms with Crippen LogP contribution in [0.15, 0.2) is 29.2 Å². The van der Waals surface area contributed by atoms with Crippen molar-refractivity contribution >= 4 is 17.7 Å². The molecule has 0 saturated heterocycles. The number of hydrogen-bond acceptors (Lipinski definition) is 3. The SMILES string of the molecule is N#CC1(NC(=O)CSc2ccccc2F)CCCC1. The number of rotatable bonds is 4. The van der Waals surface area contributed by atoms with Crippen molar-refractivity contribution in [1.29, 1.82) is 5.26 Å². The lowest BCUT2D eigenvalue weighted by molar-refractivity contribution is -0.119. The van der Waals surface area contributed by atoms with Crippen LogP contribution in [-0.2, 0) is 4.79 Å². The number of carbonyl (C=O) groups excluding carboxylic acids is 1. The minimum Gasteiger partial charge on any atom is -0.337 e. The average Bonchev–Trinajstić information content (AvgIpc) is 2.87. The standard InChI is InChI=1S/C14H15FN2OS/c15-11-5-1-2-6-12(11)19-9-13(18)17-14(10-16)7-3-4-8-14/h1-2,5-6H,3-4,7-9H2,(H,17,18). The van der Waals surface area contributed by atoms with Crippen molar-refractivity contribution in [2.45, 2.75) is 36.1 Å². The van der Waals surface area contributed by atoms with Gasteiger partial charge in [0.2, 0.25) is 5.91 Å². The van der Waals surface area contributed by atoms with E-state index in [0.717, 1.165) is 24.6 Å². The van der Waals surface area contributed by atoms with Crippen molar-refractivity contribution in [2.75, 3.05) is 5.75 Å². The minimum absolute atomic E-state index is 0.129. The molecule has 1 amide bonds. The first-order chi connectivity index (χ1) is 9.15. The molecule has 100 valence electrons. The molecule has 1 aromatic carbocycles. The van der Waals surface area contributed by atoms with Gasteiger partial charge in [-0.2, -0.15) is 5.26 Å². The highest BCUT2D eigenvalue weighted by Gasteiger charge is 2.35. The molecule has 3 nitrogen and oxygen atoms in total. The summed E-state index contributed by atoms with van der Waals surface area (Å²) in [4.78, 5) is 12.3. The molecule has 2 rings (SSSR count). The van der Waals surface area contributed by atoms with E-state index in [2.05, 4.69) is 11.4 Å². The highest BCUT2D eigenvalue weighted by Crippen LogP contribution is 2.29. The Morgan fingerprint density at radius 2 is 2.11 bits per heavy atom. The Labute approximate surface area is 116 Å². The predicted octanol–water partition coefficient (Wildman–Crippen LogP) is 2.87. The fourth-order valence-corrected chi connectivity index (χ4v) is 2.99. The number of amides is 1. The van der Waals surface area contributed by atoms with Gasteiger partial charge in [0.05, 0.1) is 11.8 Å². The Bertz CT molecular complexity index is 506. The Balaban J connectivity index is 1.89. The van der Waals surface area contributed by atoms with Gasteiger partial charge in [-0.1, -0.05) is 12.1 Å². The molecule has 0 unspecified atom stereocenters. The lowest BCUT2D eigenvalue weighted by atomic mass is 10.0. The highest BCUT2D eigenvalue weighted by atomic mass is 32.2. The van der Waals surface area contributed by atoms with Crippen molar-refractivity contribution in [3.8, 4) is 6.07 Å². The number of benzene rings is 1. The summed E-state index contributed by atoms with van der Waals surface area (Å²) in [6, 6.07) is 8.56. The minimum atomic E-state index is -0.702. The van der Waals surface area contributed by atoms with Gasteiger partial charge in [-0.3, -0.25) is 4.79 Å². The van der Waals surface area contributed by atoms with E-state index >= 15 is 0 Å². The molecule has 0 heterocycles. The van der Waals surface area contributed by atoms with Gasteiger partial charge in [-0.05, 0) is 37.8 Å². The molecule has 1 aliphatic rings. The summed E-state index contributed by atoms with van der Waals surface area (Å²) in [5.41, 5.74) is -0.702. The van der Waals surface area contributed by atoms with Crippen LogP contribution in [0.4, 0.5) is 4.39 Å². The number of halogens is 1. The smallest absolute Gasteiger partial charge is 0.231 e. The van der Waals surface area contributed by atoms with E-state index in [0.29, 0.717) is 17.7 Å². The van der Waals surface area contributed by atoms with Crippen LogP contribution in [0, 0.1) is 17.1 Å². The zero-order chi connectivity index (χ0) is 13.7. The molecule has 0 aromatic heterocycles. The van der Waals surface area contributed by atoms with E-state index in [9.17, 15) is 9.18 Å². The molecule has 1 aromatic rings. The molecule has 0 aliphatic heterocycles. The van der Waals surface area contributed by atoms with Crippen LogP contribution in [0.25, 0.3) is 0 Å². The third-order valence-corrected chi connectivity index (χ3v) is 4.29. The summed E-state index contributed by atoms with van der Waals surface area (Å²) < 4.78 is 13.4. The van der Waals surface area contributed by atoms with E-state index in [1.807, 2.05) is 0 Å². The van der Waals surface area contributed by atoms with Crippen LogP contribution in [0.1, 0.15) is 25.7 Å². The van der Waals surface area contributed by atoms with Gasteiger partial charge in [0.1, 0.15) is 11.4 Å². The second kappa shape index (κ2) is 6.07. The number of thioether (sulfide) groups is 1. The van der Waals surface area contributed by atoms with Crippen molar-refractivity contribution < 1.29 is 9.18 Å². The van der Waals surface area contributed by atoms with Gasteiger partial charge in [0, 0.05) is 4.90 Å². The van der Waals surface area contributed by atoms with Crippen LogP contribution in [-0.4, -0.2) is 17.2 Å². The maximum absolute atomic E-state index is 13.4. The molecule has 0 radical (unpaired) electrons. The molecular formula is C14H15FN2OS. The van der Waals surface area contributed by atoms with E-state index in [1.54, 1.807) is 18.2 Å². The van der Waals surface area contributed by atoms with E-state index < -0.39 is 5.54 Å². The third kappa shape index (κ3) is 3.48. The normalized spacial score (nSPS) is 16.8. The summed E-state index contributed by atoms with van der Waals surface area (Å²) in [6.45, 7) is 0. The number of nitriles is 1. The van der Waals surface area contributed by atoms with Gasteiger partial charge in [-0.15, -0.1) is 11.8 Å². The zero-order valence-corrected chi connectivity index (χ0v) is 11.3. The fraction of sp³-hybridized carbons (Fsp3) is 0.429. The Kier molecular flexibility index (Phi) is 4.43. The van der Waals surface area contributed by atoms with E-state index in [1.165, 1.54) is 6.07 Å². The third-order valence-electron chi connectivity index (χ3n) is 3.25. The molecule has 0 atom stereocenters. The Morgan fingerprint density at radius 1 is 1.42 bits per heavy atom. The van der Waals surface area contributed by atoms with Crippen LogP contribution in [0.5, 0.6) is 0 Å². The monoisotopic (exact) mass is 278 g/mol. The topological polar surface area (TPSA) is 52.9 Å². The first-order valence-corrected chi connectivity index (χ1v) is 7.23. The number of hydrogen-bond donors (Lipinski definition) is 1. The molecular weight excluding hydrogens is 263 g/mol. The summed E-state index contributed by atoms with van der Waals surface area (Å²) >= 11 is 1.15. The predicted molar refractivity (Wildman–Crippen MR) is 72.1 cm³/mol. The first kappa shape index (κ1) is 13.9. The average molecular weight is 278 g/mol. The highest BCUT2D eigenvalue weighted by molar-refractivity contribution is 8.00. The fourth-order valence-electron chi connectivity index (χ4n) is 2.25. The first-order valence-electron chi connectivity index (χ1n) is 6.25. The molecule has 0 spiro atoms. The molecule has 19 heavy (non-hydrogen) atoms. The van der Waals surface area contributed by atoms with Crippen molar-refractivity contribution in [3.63, 3.8) is 0 Å².